The van der Waals surface area contributed by atoms with Crippen molar-refractivity contribution in [1.82, 2.24) is 0 Å². The molecule has 0 aliphatic carbocycles. The summed E-state index contributed by atoms with van der Waals surface area (Å²) >= 11 is 12.7. The van der Waals surface area contributed by atoms with Gasteiger partial charge in [0.1, 0.15) is 0 Å². The highest BCUT2D eigenvalue weighted by Crippen LogP contribution is 2.24. The monoisotopic (exact) mass is 336 g/mol. The van der Waals surface area contributed by atoms with E-state index in [0.29, 0.717) is 21.0 Å². The smallest absolute Gasteiger partial charge is 0.322 e. The van der Waals surface area contributed by atoms with Crippen molar-refractivity contribution in [3.63, 3.8) is 0 Å². The van der Waals surface area contributed by atoms with Crippen molar-refractivity contribution in [2.45, 2.75) is 41.5 Å². The van der Waals surface area contributed by atoms with Gasteiger partial charge in [-0.3, -0.25) is 0 Å². The molecule has 0 aliphatic rings. The van der Waals surface area contributed by atoms with Crippen LogP contribution >= 0.6 is 23.2 Å². The molecule has 0 aliphatic heterocycles. The van der Waals surface area contributed by atoms with E-state index in [1.54, 1.807) is 0 Å². The van der Waals surface area contributed by atoms with Gasteiger partial charge in [0.2, 0.25) is 0 Å². The number of benzene rings is 2. The van der Waals surface area contributed by atoms with Gasteiger partial charge in [-0.25, -0.2) is 0 Å². The number of hydrogen-bond donors (Lipinski definition) is 0. The molecule has 0 N–H and O–H groups in total. The lowest BCUT2D eigenvalue weighted by Crippen LogP contribution is -2.44. The van der Waals surface area contributed by atoms with E-state index in [1.807, 2.05) is 53.7 Å². The van der Waals surface area contributed by atoms with Crippen molar-refractivity contribution in [3.05, 3.63) is 55.6 Å². The lowest BCUT2D eigenvalue weighted by atomic mass is 9.53. The highest BCUT2D eigenvalue weighted by molar-refractivity contribution is 6.81. The quantitative estimate of drug-likeness (QED) is 0.683. The van der Waals surface area contributed by atoms with Crippen LogP contribution < -0.4 is 10.9 Å². The third-order valence-corrected chi connectivity index (χ3v) is 5.54. The molecule has 0 spiro atoms. The van der Waals surface area contributed by atoms with Crippen molar-refractivity contribution in [3.8, 4) is 0 Å². The van der Waals surface area contributed by atoms with Crippen LogP contribution in [0.4, 0.5) is 4.32 Å². The fourth-order valence-corrected chi connectivity index (χ4v) is 3.59. The second kappa shape index (κ2) is 6.25. The maximum Gasteiger partial charge on any atom is 0.414 e. The molecule has 0 saturated heterocycles. The van der Waals surface area contributed by atoms with E-state index in [-0.39, 0.29) is 0 Å². The molecule has 116 valence electrons. The SMILES string of the molecule is Cc1cc(C)c(B(F)c2c(C)cc(C)c(Cl)c2C)c(C)c1Cl. The first-order valence-corrected chi connectivity index (χ1v) is 8.08. The Morgan fingerprint density at radius 1 is 0.682 bits per heavy atom. The maximum absolute atomic E-state index is 15.4. The van der Waals surface area contributed by atoms with Crippen LogP contribution in [-0.4, -0.2) is 6.99 Å². The largest absolute Gasteiger partial charge is 0.414 e. The average molecular weight is 337 g/mol. The van der Waals surface area contributed by atoms with Crippen LogP contribution in [0.15, 0.2) is 12.1 Å². The number of aryl methyl sites for hydroxylation is 4. The molecule has 2 aromatic rings. The zero-order valence-electron chi connectivity index (χ0n) is 13.9. The normalized spacial score (nSPS) is 11.0. The van der Waals surface area contributed by atoms with Crippen LogP contribution in [0.2, 0.25) is 10.0 Å². The third-order valence-electron chi connectivity index (χ3n) is 4.38. The predicted molar refractivity (Wildman–Crippen MR) is 97.5 cm³/mol. The standard InChI is InChI=1S/C18H20BCl2F/c1-9-7-11(3)17(20)13(5)15(9)19(22)16-10(2)8-12(4)18(21)14(16)6/h7-8H,1-6H3. The molecule has 0 unspecified atom stereocenters. The molecular weight excluding hydrogens is 317 g/mol. The van der Waals surface area contributed by atoms with Crippen molar-refractivity contribution in [1.29, 1.82) is 0 Å². The molecule has 0 bridgehead atoms. The second-order valence-electron chi connectivity index (χ2n) is 6.09. The van der Waals surface area contributed by atoms with Crippen molar-refractivity contribution >= 4 is 41.1 Å². The third kappa shape index (κ3) is 2.79. The van der Waals surface area contributed by atoms with Gasteiger partial charge in [0, 0.05) is 10.0 Å². The van der Waals surface area contributed by atoms with Crippen LogP contribution in [-0.2, 0) is 0 Å². The molecule has 0 fully saturated rings. The Bertz CT molecular complexity index is 690. The van der Waals surface area contributed by atoms with Crippen molar-refractivity contribution in [2.24, 2.45) is 0 Å². The van der Waals surface area contributed by atoms with Gasteiger partial charge in [-0.05, 0) is 74.7 Å². The Morgan fingerprint density at radius 2 is 1.00 bits per heavy atom. The Labute approximate surface area is 142 Å². The summed E-state index contributed by atoms with van der Waals surface area (Å²) in [5.41, 5.74) is 6.71. The lowest BCUT2D eigenvalue weighted by Gasteiger charge is -2.19. The Kier molecular flexibility index (Phi) is 4.94. The highest BCUT2D eigenvalue weighted by atomic mass is 35.5. The summed E-state index contributed by atoms with van der Waals surface area (Å²) < 4.78 is 15.4. The van der Waals surface area contributed by atoms with Gasteiger partial charge < -0.3 is 4.32 Å². The van der Waals surface area contributed by atoms with Crippen molar-refractivity contribution < 1.29 is 4.32 Å². The van der Waals surface area contributed by atoms with Gasteiger partial charge >= 0.3 is 6.99 Å². The molecule has 22 heavy (non-hydrogen) atoms. The molecule has 0 heterocycles. The summed E-state index contributed by atoms with van der Waals surface area (Å²) in [5, 5.41) is 1.27. The van der Waals surface area contributed by atoms with E-state index in [1.165, 1.54) is 0 Å². The van der Waals surface area contributed by atoms with Gasteiger partial charge in [0.15, 0.2) is 0 Å². The first-order chi connectivity index (χ1) is 10.2. The van der Waals surface area contributed by atoms with E-state index in [9.17, 15) is 0 Å². The molecule has 2 rings (SSSR count). The van der Waals surface area contributed by atoms with Crippen LogP contribution in [0.3, 0.4) is 0 Å². The van der Waals surface area contributed by atoms with E-state index in [0.717, 1.165) is 33.4 Å². The molecule has 0 aromatic heterocycles. The predicted octanol–water partition coefficient (Wildman–Crippen LogP) is 4.92. The van der Waals surface area contributed by atoms with Gasteiger partial charge in [-0.15, -0.1) is 0 Å². The van der Waals surface area contributed by atoms with E-state index in [2.05, 4.69) is 0 Å². The van der Waals surface area contributed by atoms with Gasteiger partial charge in [0.25, 0.3) is 0 Å². The number of hydrogen-bond acceptors (Lipinski definition) is 0. The molecule has 0 nitrogen and oxygen atoms in total. The van der Waals surface area contributed by atoms with Crippen molar-refractivity contribution in [2.75, 3.05) is 0 Å². The minimum Gasteiger partial charge on any atom is -0.322 e. The zero-order valence-corrected chi connectivity index (χ0v) is 15.4. The second-order valence-corrected chi connectivity index (χ2v) is 6.84. The lowest BCUT2D eigenvalue weighted by molar-refractivity contribution is 0.862. The van der Waals surface area contributed by atoms with Crippen LogP contribution in [0.5, 0.6) is 0 Å². The van der Waals surface area contributed by atoms with Gasteiger partial charge in [0.05, 0.1) is 0 Å². The van der Waals surface area contributed by atoms with Crippen LogP contribution in [0, 0.1) is 41.5 Å². The minimum atomic E-state index is -1.23. The summed E-state index contributed by atoms with van der Waals surface area (Å²) in [5.74, 6) is 0. The summed E-state index contributed by atoms with van der Waals surface area (Å²) in [6.07, 6.45) is 0. The molecule has 0 atom stereocenters. The molecule has 0 radical (unpaired) electrons. The average Bonchev–Trinajstić information content (AvgIpc) is 2.42. The molecule has 0 saturated carbocycles. The van der Waals surface area contributed by atoms with E-state index < -0.39 is 6.99 Å². The van der Waals surface area contributed by atoms with Crippen LogP contribution in [0.1, 0.15) is 33.4 Å². The summed E-state index contributed by atoms with van der Waals surface area (Å²) in [6.45, 7) is 10.3. The molecule has 4 heteroatoms. The summed E-state index contributed by atoms with van der Waals surface area (Å²) in [4.78, 5) is 0. The summed E-state index contributed by atoms with van der Waals surface area (Å²) in [6, 6.07) is 3.88. The van der Waals surface area contributed by atoms with E-state index in [4.69, 9.17) is 23.2 Å². The highest BCUT2D eigenvalue weighted by Gasteiger charge is 2.29. The Balaban J connectivity index is 2.72. The maximum atomic E-state index is 15.4. The minimum absolute atomic E-state index is 0.636. The number of halogens is 3. The van der Waals surface area contributed by atoms with Gasteiger partial charge in [-0.2, -0.15) is 0 Å². The topological polar surface area (TPSA) is 0 Å². The van der Waals surface area contributed by atoms with Gasteiger partial charge in [-0.1, -0.05) is 46.5 Å². The Morgan fingerprint density at radius 3 is 1.32 bits per heavy atom. The fraction of sp³-hybridized carbons (Fsp3) is 0.333. The summed E-state index contributed by atoms with van der Waals surface area (Å²) in [7, 11) is 0. The number of rotatable bonds is 2. The molecule has 0 amide bonds. The first-order valence-electron chi connectivity index (χ1n) is 7.33. The van der Waals surface area contributed by atoms with Crippen LogP contribution in [0.25, 0.3) is 0 Å². The molecular formula is C18H20BCl2F. The molecule has 2 aromatic carbocycles. The zero-order chi connectivity index (χ0) is 16.8. The fourth-order valence-electron chi connectivity index (χ4n) is 3.28. The first kappa shape index (κ1) is 17.4. The van der Waals surface area contributed by atoms with E-state index >= 15 is 4.32 Å². The Hall–Kier alpha value is -0.985.